The van der Waals surface area contributed by atoms with Crippen LogP contribution in [-0.4, -0.2) is 29.6 Å². The van der Waals surface area contributed by atoms with Gasteiger partial charge in [0.15, 0.2) is 0 Å². The Labute approximate surface area is 83.7 Å². The molecule has 0 rings (SSSR count). The predicted octanol–water partition coefficient (Wildman–Crippen LogP) is 0.0948. The smallest absolute Gasteiger partial charge is 0.320 e. The number of hydrogen-bond donors (Lipinski definition) is 3. The van der Waals surface area contributed by atoms with Crippen LogP contribution in [-0.2, 0) is 9.59 Å². The number of carbonyl (C=O) groups excluding carboxylic acids is 1. The van der Waals surface area contributed by atoms with Gasteiger partial charge in [-0.2, -0.15) is 0 Å². The summed E-state index contributed by atoms with van der Waals surface area (Å²) in [5.74, 6) is -0.987. The lowest BCUT2D eigenvalue weighted by atomic mass is 10.1. The highest BCUT2D eigenvalue weighted by Crippen LogP contribution is 2.01. The highest BCUT2D eigenvalue weighted by molar-refractivity contribution is 5.73. The molecule has 1 atom stereocenters. The van der Waals surface area contributed by atoms with Crippen molar-refractivity contribution in [2.24, 2.45) is 5.73 Å². The maximum Gasteiger partial charge on any atom is 0.320 e. The zero-order valence-corrected chi connectivity index (χ0v) is 8.45. The molecule has 0 radical (unpaired) electrons. The minimum atomic E-state index is -0.952. The zero-order valence-electron chi connectivity index (χ0n) is 8.45. The van der Waals surface area contributed by atoms with Gasteiger partial charge in [-0.25, -0.2) is 0 Å². The van der Waals surface area contributed by atoms with E-state index in [1.807, 2.05) is 0 Å². The molecule has 0 fully saturated rings. The first-order valence-corrected chi connectivity index (χ1v) is 4.77. The summed E-state index contributed by atoms with van der Waals surface area (Å²) in [5.41, 5.74) is 5.31. The van der Waals surface area contributed by atoms with Gasteiger partial charge in [0.05, 0.1) is 0 Å². The maximum absolute atomic E-state index is 10.5. The van der Waals surface area contributed by atoms with Crippen LogP contribution in [0.5, 0.6) is 0 Å². The van der Waals surface area contributed by atoms with Crippen LogP contribution >= 0.6 is 0 Å². The van der Waals surface area contributed by atoms with E-state index in [9.17, 15) is 9.59 Å². The van der Waals surface area contributed by atoms with Gasteiger partial charge in [-0.05, 0) is 12.8 Å². The number of aliphatic carboxylic acids is 1. The van der Waals surface area contributed by atoms with E-state index in [0.717, 1.165) is 19.3 Å². The van der Waals surface area contributed by atoms with Gasteiger partial charge in [0, 0.05) is 13.5 Å². The second-order valence-electron chi connectivity index (χ2n) is 3.28. The van der Waals surface area contributed by atoms with Crippen molar-refractivity contribution in [3.05, 3.63) is 0 Å². The highest BCUT2D eigenvalue weighted by atomic mass is 16.4. The van der Waals surface area contributed by atoms with Crippen molar-refractivity contribution < 1.29 is 14.7 Å². The number of nitrogens with two attached hydrogens (primary N) is 1. The van der Waals surface area contributed by atoms with Crippen molar-refractivity contribution >= 4 is 11.9 Å². The van der Waals surface area contributed by atoms with Crippen molar-refractivity contribution in [1.82, 2.24) is 5.32 Å². The minimum Gasteiger partial charge on any atom is -0.480 e. The van der Waals surface area contributed by atoms with E-state index in [1.54, 1.807) is 0 Å². The van der Waals surface area contributed by atoms with Crippen LogP contribution in [0.2, 0.25) is 0 Å². The second kappa shape index (κ2) is 7.32. The Morgan fingerprint density at radius 1 is 1.36 bits per heavy atom. The Balaban J connectivity index is 3.21. The summed E-state index contributed by atoms with van der Waals surface area (Å²) < 4.78 is 0. The second-order valence-corrected chi connectivity index (χ2v) is 3.28. The Hall–Kier alpha value is -1.10. The molecule has 0 saturated heterocycles. The molecular formula is C9H18N2O3. The van der Waals surface area contributed by atoms with Crippen LogP contribution in [0.25, 0.3) is 0 Å². The Morgan fingerprint density at radius 3 is 2.50 bits per heavy atom. The summed E-state index contributed by atoms with van der Waals surface area (Å²) in [6.45, 7) is 2.12. The van der Waals surface area contributed by atoms with Crippen LogP contribution < -0.4 is 11.1 Å². The van der Waals surface area contributed by atoms with Gasteiger partial charge in [0.2, 0.25) is 5.91 Å². The number of carboxylic acids is 1. The molecule has 82 valence electrons. The molecule has 5 nitrogen and oxygen atoms in total. The molecule has 0 unspecified atom stereocenters. The minimum absolute atomic E-state index is 0.0350. The third-order valence-corrected chi connectivity index (χ3v) is 1.88. The monoisotopic (exact) mass is 202 g/mol. The molecule has 0 saturated carbocycles. The molecule has 0 aromatic rings. The van der Waals surface area contributed by atoms with E-state index >= 15 is 0 Å². The summed E-state index contributed by atoms with van der Waals surface area (Å²) in [5, 5.41) is 11.1. The normalized spacial score (nSPS) is 12.1. The fourth-order valence-corrected chi connectivity index (χ4v) is 1.05. The highest BCUT2D eigenvalue weighted by Gasteiger charge is 2.09. The number of hydrogen-bond acceptors (Lipinski definition) is 3. The van der Waals surface area contributed by atoms with Crippen molar-refractivity contribution in [2.45, 2.75) is 38.6 Å². The zero-order chi connectivity index (χ0) is 11.0. The number of amides is 1. The summed E-state index contributed by atoms with van der Waals surface area (Å²) in [6, 6.07) is -0.754. The number of carboxylic acid groups (broad SMARTS) is 1. The number of nitrogens with one attached hydrogen (secondary N) is 1. The van der Waals surface area contributed by atoms with Gasteiger partial charge in [0.1, 0.15) is 6.04 Å². The first-order chi connectivity index (χ1) is 6.54. The van der Waals surface area contributed by atoms with E-state index in [1.165, 1.54) is 6.92 Å². The molecule has 0 spiro atoms. The van der Waals surface area contributed by atoms with Gasteiger partial charge in [0.25, 0.3) is 0 Å². The maximum atomic E-state index is 10.5. The van der Waals surface area contributed by atoms with Gasteiger partial charge >= 0.3 is 5.97 Å². The van der Waals surface area contributed by atoms with Crippen molar-refractivity contribution in [2.75, 3.05) is 6.54 Å². The average Bonchev–Trinajstić information content (AvgIpc) is 2.09. The Morgan fingerprint density at radius 2 is 2.00 bits per heavy atom. The quantitative estimate of drug-likeness (QED) is 0.510. The lowest BCUT2D eigenvalue weighted by Gasteiger charge is -2.05. The van der Waals surface area contributed by atoms with Crippen LogP contribution in [0, 0.1) is 0 Å². The van der Waals surface area contributed by atoms with E-state index in [-0.39, 0.29) is 5.91 Å². The van der Waals surface area contributed by atoms with Crippen LogP contribution in [0.15, 0.2) is 0 Å². The molecule has 1 amide bonds. The number of carbonyl (C=O) groups is 2. The molecule has 0 aliphatic rings. The molecule has 0 aliphatic heterocycles. The summed E-state index contributed by atoms with van der Waals surface area (Å²) in [6.07, 6.45) is 3.04. The fourth-order valence-electron chi connectivity index (χ4n) is 1.05. The molecule has 14 heavy (non-hydrogen) atoms. The van der Waals surface area contributed by atoms with Gasteiger partial charge in [-0.3, -0.25) is 9.59 Å². The molecule has 0 aromatic heterocycles. The molecule has 0 aliphatic carbocycles. The van der Waals surface area contributed by atoms with Crippen molar-refractivity contribution in [3.63, 3.8) is 0 Å². The largest absolute Gasteiger partial charge is 0.480 e. The third-order valence-electron chi connectivity index (χ3n) is 1.88. The van der Waals surface area contributed by atoms with Crippen LogP contribution in [0.1, 0.15) is 32.6 Å². The molecule has 4 N–H and O–H groups in total. The molecular weight excluding hydrogens is 184 g/mol. The standard InChI is InChI=1S/C9H18N2O3/c1-7(12)11-6-4-2-3-5-8(10)9(13)14/h8H,2-6,10H2,1H3,(H,11,12)(H,13,14)/t8-/m0/s1. The van der Waals surface area contributed by atoms with Crippen LogP contribution in [0.3, 0.4) is 0 Å². The molecule has 0 bridgehead atoms. The summed E-state index contributed by atoms with van der Waals surface area (Å²) in [4.78, 5) is 20.8. The molecule has 5 heteroatoms. The molecule has 0 aromatic carbocycles. The third kappa shape index (κ3) is 7.54. The first-order valence-electron chi connectivity index (χ1n) is 4.77. The van der Waals surface area contributed by atoms with E-state index in [4.69, 9.17) is 10.8 Å². The fraction of sp³-hybridized carbons (Fsp3) is 0.778. The number of unbranched alkanes of at least 4 members (excludes halogenated alkanes) is 2. The van der Waals surface area contributed by atoms with E-state index < -0.39 is 12.0 Å². The van der Waals surface area contributed by atoms with E-state index in [2.05, 4.69) is 5.32 Å². The SMILES string of the molecule is CC(=O)NCCCCC[C@H](N)C(=O)O. The first kappa shape index (κ1) is 12.9. The van der Waals surface area contributed by atoms with E-state index in [0.29, 0.717) is 13.0 Å². The van der Waals surface area contributed by atoms with Gasteiger partial charge < -0.3 is 16.2 Å². The van der Waals surface area contributed by atoms with Crippen molar-refractivity contribution in [1.29, 1.82) is 0 Å². The Kier molecular flexibility index (Phi) is 6.74. The lowest BCUT2D eigenvalue weighted by molar-refractivity contribution is -0.138. The topological polar surface area (TPSA) is 92.4 Å². The summed E-state index contributed by atoms with van der Waals surface area (Å²) in [7, 11) is 0. The average molecular weight is 202 g/mol. The van der Waals surface area contributed by atoms with Crippen LogP contribution in [0.4, 0.5) is 0 Å². The summed E-state index contributed by atoms with van der Waals surface area (Å²) >= 11 is 0. The lowest BCUT2D eigenvalue weighted by Crippen LogP contribution is -2.29. The van der Waals surface area contributed by atoms with Gasteiger partial charge in [-0.15, -0.1) is 0 Å². The van der Waals surface area contributed by atoms with Gasteiger partial charge in [-0.1, -0.05) is 12.8 Å². The number of rotatable bonds is 7. The van der Waals surface area contributed by atoms with Crippen molar-refractivity contribution in [3.8, 4) is 0 Å². The predicted molar refractivity (Wildman–Crippen MR) is 52.8 cm³/mol. The Bertz CT molecular complexity index is 194. The molecule has 0 heterocycles.